The Hall–Kier alpha value is -3.10. The summed E-state index contributed by atoms with van der Waals surface area (Å²) in [6, 6.07) is 14.6. The van der Waals surface area contributed by atoms with Crippen LogP contribution in [0.15, 0.2) is 42.5 Å². The van der Waals surface area contributed by atoms with Crippen LogP contribution >= 0.6 is 0 Å². The number of piperidine rings is 1. The van der Waals surface area contributed by atoms with E-state index in [1.807, 2.05) is 18.2 Å². The van der Waals surface area contributed by atoms with E-state index in [-0.39, 0.29) is 17.9 Å². The van der Waals surface area contributed by atoms with Crippen LogP contribution < -0.4 is 10.2 Å². The number of ether oxygens (including phenoxy) is 2. The minimum Gasteiger partial charge on any atom is -0.376 e. The molecule has 1 atom stereocenters. The number of amides is 1. The Kier molecular flexibility index (Phi) is 6.92. The molecule has 0 bridgehead atoms. The SMILES string of the molecule is Cc1nn(-c2ccccc2)c(N2CCC(C(=O)NC[C@H]3COCCO3)CC2)c1-n1c(C)ccc1C. The maximum atomic E-state index is 12.9. The van der Waals surface area contributed by atoms with Crippen LogP contribution in [0.3, 0.4) is 0 Å². The molecule has 0 saturated carbocycles. The lowest BCUT2D eigenvalue weighted by Crippen LogP contribution is -2.45. The number of hydrogen-bond donors (Lipinski definition) is 1. The highest BCUT2D eigenvalue weighted by molar-refractivity contribution is 5.79. The molecule has 35 heavy (non-hydrogen) atoms. The first-order valence-corrected chi connectivity index (χ1v) is 12.6. The van der Waals surface area contributed by atoms with Gasteiger partial charge in [0, 0.05) is 36.9 Å². The van der Waals surface area contributed by atoms with E-state index in [0.29, 0.717) is 26.4 Å². The molecule has 8 heteroatoms. The van der Waals surface area contributed by atoms with Crippen molar-refractivity contribution in [2.24, 2.45) is 5.92 Å². The fourth-order valence-electron chi connectivity index (χ4n) is 5.19. The number of aryl methyl sites for hydroxylation is 3. The van der Waals surface area contributed by atoms with Crippen LogP contribution in [-0.4, -0.2) is 65.8 Å². The highest BCUT2D eigenvalue weighted by atomic mass is 16.6. The number of carbonyl (C=O) groups is 1. The summed E-state index contributed by atoms with van der Waals surface area (Å²) in [7, 11) is 0. The quantitative estimate of drug-likeness (QED) is 0.590. The van der Waals surface area contributed by atoms with Crippen LogP contribution in [0.5, 0.6) is 0 Å². The summed E-state index contributed by atoms with van der Waals surface area (Å²) in [6.45, 7) is 10.2. The Labute approximate surface area is 206 Å². The van der Waals surface area contributed by atoms with Crippen molar-refractivity contribution < 1.29 is 14.3 Å². The molecule has 2 aliphatic heterocycles. The van der Waals surface area contributed by atoms with Crippen molar-refractivity contribution in [1.29, 1.82) is 0 Å². The lowest BCUT2D eigenvalue weighted by Gasteiger charge is -2.34. The van der Waals surface area contributed by atoms with Crippen molar-refractivity contribution >= 4 is 11.7 Å². The second-order valence-corrected chi connectivity index (χ2v) is 9.53. The predicted molar refractivity (Wildman–Crippen MR) is 136 cm³/mol. The van der Waals surface area contributed by atoms with E-state index in [1.54, 1.807) is 0 Å². The van der Waals surface area contributed by atoms with Gasteiger partial charge >= 0.3 is 0 Å². The number of nitrogens with one attached hydrogen (secondary N) is 1. The Bertz CT molecular complexity index is 1140. The molecule has 1 amide bonds. The Morgan fingerprint density at radius 3 is 2.40 bits per heavy atom. The topological polar surface area (TPSA) is 73.6 Å². The Morgan fingerprint density at radius 1 is 1.03 bits per heavy atom. The molecule has 2 aromatic heterocycles. The van der Waals surface area contributed by atoms with Crippen LogP contribution in [-0.2, 0) is 14.3 Å². The van der Waals surface area contributed by atoms with Gasteiger partial charge in [0.2, 0.25) is 5.91 Å². The second-order valence-electron chi connectivity index (χ2n) is 9.53. The van der Waals surface area contributed by atoms with Crippen molar-refractivity contribution in [1.82, 2.24) is 19.7 Å². The van der Waals surface area contributed by atoms with Gasteiger partial charge in [0.05, 0.1) is 37.3 Å². The largest absolute Gasteiger partial charge is 0.376 e. The molecule has 3 aromatic rings. The first-order valence-electron chi connectivity index (χ1n) is 12.6. The summed E-state index contributed by atoms with van der Waals surface area (Å²) in [5, 5.41) is 8.06. The summed E-state index contributed by atoms with van der Waals surface area (Å²) in [6.07, 6.45) is 1.55. The highest BCUT2D eigenvalue weighted by Crippen LogP contribution is 2.35. The molecule has 2 aliphatic rings. The molecule has 4 heterocycles. The monoisotopic (exact) mass is 477 g/mol. The van der Waals surface area contributed by atoms with Gasteiger partial charge in [-0.25, -0.2) is 4.68 Å². The van der Waals surface area contributed by atoms with Gasteiger partial charge in [-0.1, -0.05) is 18.2 Å². The number of nitrogens with zero attached hydrogens (tertiary/aromatic N) is 4. The first-order chi connectivity index (χ1) is 17.0. The van der Waals surface area contributed by atoms with Crippen molar-refractivity contribution in [3.63, 3.8) is 0 Å². The van der Waals surface area contributed by atoms with E-state index in [1.165, 1.54) is 11.4 Å². The lowest BCUT2D eigenvalue weighted by molar-refractivity contribution is -0.128. The molecule has 5 rings (SSSR count). The average Bonchev–Trinajstić information content (AvgIpc) is 3.41. The van der Waals surface area contributed by atoms with Gasteiger partial charge in [0.1, 0.15) is 5.69 Å². The van der Waals surface area contributed by atoms with Crippen molar-refractivity contribution in [3.05, 3.63) is 59.5 Å². The third-order valence-electron chi connectivity index (χ3n) is 7.05. The maximum Gasteiger partial charge on any atom is 0.223 e. The number of hydrogen-bond acceptors (Lipinski definition) is 5. The fourth-order valence-corrected chi connectivity index (χ4v) is 5.19. The molecule has 186 valence electrons. The minimum absolute atomic E-state index is 0.00320. The Morgan fingerprint density at radius 2 is 1.74 bits per heavy atom. The van der Waals surface area contributed by atoms with Gasteiger partial charge < -0.3 is 24.3 Å². The van der Waals surface area contributed by atoms with E-state index < -0.39 is 0 Å². The number of anilines is 1. The second kappa shape index (κ2) is 10.3. The van der Waals surface area contributed by atoms with Gasteiger partial charge in [-0.05, 0) is 57.9 Å². The molecule has 2 saturated heterocycles. The summed E-state index contributed by atoms with van der Waals surface area (Å²) < 4.78 is 15.4. The van der Waals surface area contributed by atoms with E-state index in [0.717, 1.165) is 48.8 Å². The van der Waals surface area contributed by atoms with Crippen molar-refractivity contribution in [2.45, 2.75) is 39.7 Å². The summed E-state index contributed by atoms with van der Waals surface area (Å²) >= 11 is 0. The van der Waals surface area contributed by atoms with Gasteiger partial charge in [-0.3, -0.25) is 4.79 Å². The summed E-state index contributed by atoms with van der Waals surface area (Å²) in [5.41, 5.74) is 5.51. The van der Waals surface area contributed by atoms with Crippen LogP contribution in [0.4, 0.5) is 5.82 Å². The average molecular weight is 478 g/mol. The van der Waals surface area contributed by atoms with E-state index >= 15 is 0 Å². The van der Waals surface area contributed by atoms with E-state index in [9.17, 15) is 4.79 Å². The summed E-state index contributed by atoms with van der Waals surface area (Å²) in [5.74, 6) is 1.20. The third-order valence-corrected chi connectivity index (χ3v) is 7.05. The number of carbonyl (C=O) groups excluding carboxylic acids is 1. The fraction of sp³-hybridized carbons (Fsp3) is 0.481. The first kappa shape index (κ1) is 23.6. The van der Waals surface area contributed by atoms with Gasteiger partial charge in [-0.2, -0.15) is 5.10 Å². The standard InChI is InChI=1S/C27H35N5O3/c1-19-9-10-20(2)31(19)25-21(3)29-32(23-7-5-4-6-8-23)27(25)30-13-11-22(12-14-30)26(33)28-17-24-18-34-15-16-35-24/h4-10,22,24H,11-18H2,1-3H3,(H,28,33)/t24-/m0/s1. The molecule has 8 nitrogen and oxygen atoms in total. The van der Waals surface area contributed by atoms with Crippen LogP contribution in [0.1, 0.15) is 29.9 Å². The minimum atomic E-state index is -0.0494. The highest BCUT2D eigenvalue weighted by Gasteiger charge is 2.31. The molecule has 1 N–H and O–H groups in total. The zero-order valence-corrected chi connectivity index (χ0v) is 20.9. The molecule has 0 radical (unpaired) electrons. The number of benzene rings is 1. The molecular formula is C27H35N5O3. The molecular weight excluding hydrogens is 442 g/mol. The number of rotatable bonds is 6. The van der Waals surface area contributed by atoms with Crippen LogP contribution in [0.2, 0.25) is 0 Å². The zero-order chi connectivity index (χ0) is 24.4. The maximum absolute atomic E-state index is 12.9. The molecule has 0 unspecified atom stereocenters. The summed E-state index contributed by atoms with van der Waals surface area (Å²) in [4.78, 5) is 15.3. The van der Waals surface area contributed by atoms with Gasteiger partial charge in [0.15, 0.2) is 5.82 Å². The van der Waals surface area contributed by atoms with E-state index in [4.69, 9.17) is 14.6 Å². The van der Waals surface area contributed by atoms with Crippen molar-refractivity contribution in [3.8, 4) is 11.4 Å². The van der Waals surface area contributed by atoms with Crippen LogP contribution in [0.25, 0.3) is 11.4 Å². The lowest BCUT2D eigenvalue weighted by atomic mass is 9.95. The third kappa shape index (κ3) is 4.86. The number of para-hydroxylation sites is 1. The number of aromatic nitrogens is 3. The molecule has 1 aromatic carbocycles. The van der Waals surface area contributed by atoms with Crippen LogP contribution in [0, 0.1) is 26.7 Å². The zero-order valence-electron chi connectivity index (χ0n) is 20.9. The molecule has 0 spiro atoms. The normalized spacial score (nSPS) is 19.2. The van der Waals surface area contributed by atoms with E-state index in [2.05, 4.69) is 64.5 Å². The van der Waals surface area contributed by atoms with Gasteiger partial charge in [0.25, 0.3) is 0 Å². The smallest absolute Gasteiger partial charge is 0.223 e. The predicted octanol–water partition coefficient (Wildman–Crippen LogP) is 3.34. The van der Waals surface area contributed by atoms with Crippen molar-refractivity contribution in [2.75, 3.05) is 44.4 Å². The molecule has 0 aliphatic carbocycles. The molecule has 2 fully saturated rings. The Balaban J connectivity index is 1.37. The van der Waals surface area contributed by atoms with Gasteiger partial charge in [-0.15, -0.1) is 0 Å².